The second-order valence-corrected chi connectivity index (χ2v) is 5.98. The molecular weight excluding hydrogens is 268 g/mol. The number of hydrogen-bond acceptors (Lipinski definition) is 3. The van der Waals surface area contributed by atoms with E-state index in [0.29, 0.717) is 5.69 Å². The van der Waals surface area contributed by atoms with Gasteiger partial charge in [-0.3, -0.25) is 4.79 Å². The molecule has 0 spiro atoms. The highest BCUT2D eigenvalue weighted by Gasteiger charge is 2.16. The first-order chi connectivity index (χ1) is 9.58. The van der Waals surface area contributed by atoms with E-state index in [4.69, 9.17) is 5.73 Å². The Hall–Kier alpha value is -1.94. The first kappa shape index (κ1) is 14.5. The maximum atomic E-state index is 12.2. The van der Waals surface area contributed by atoms with E-state index in [2.05, 4.69) is 5.32 Å². The maximum Gasteiger partial charge on any atom is 0.237 e. The lowest BCUT2D eigenvalue weighted by molar-refractivity contribution is -0.115. The van der Waals surface area contributed by atoms with Gasteiger partial charge in [-0.1, -0.05) is 30.3 Å². The Kier molecular flexibility index (Phi) is 4.69. The summed E-state index contributed by atoms with van der Waals surface area (Å²) < 4.78 is 0. The van der Waals surface area contributed by atoms with E-state index in [-0.39, 0.29) is 11.2 Å². The molecule has 1 atom stereocenters. The smallest absolute Gasteiger partial charge is 0.237 e. The van der Waals surface area contributed by atoms with E-state index in [1.165, 1.54) is 11.8 Å². The van der Waals surface area contributed by atoms with Crippen molar-refractivity contribution in [2.24, 2.45) is 0 Å². The van der Waals surface area contributed by atoms with Gasteiger partial charge in [0.25, 0.3) is 0 Å². The third-order valence-corrected chi connectivity index (χ3v) is 4.19. The molecule has 20 heavy (non-hydrogen) atoms. The van der Waals surface area contributed by atoms with E-state index < -0.39 is 0 Å². The molecule has 0 bridgehead atoms. The minimum atomic E-state index is -0.209. The van der Waals surface area contributed by atoms with Crippen LogP contribution in [-0.2, 0) is 4.79 Å². The van der Waals surface area contributed by atoms with Crippen LogP contribution >= 0.6 is 11.8 Å². The summed E-state index contributed by atoms with van der Waals surface area (Å²) in [6.45, 7) is 3.85. The molecule has 0 aliphatic rings. The van der Waals surface area contributed by atoms with Gasteiger partial charge in [0, 0.05) is 16.3 Å². The van der Waals surface area contributed by atoms with Gasteiger partial charge in [0.15, 0.2) is 0 Å². The van der Waals surface area contributed by atoms with Crippen LogP contribution in [0.5, 0.6) is 0 Å². The molecule has 2 aromatic carbocycles. The van der Waals surface area contributed by atoms with Gasteiger partial charge < -0.3 is 11.1 Å². The van der Waals surface area contributed by atoms with Crippen LogP contribution in [0.25, 0.3) is 0 Å². The molecule has 0 saturated heterocycles. The molecule has 0 aliphatic heterocycles. The van der Waals surface area contributed by atoms with Crippen molar-refractivity contribution >= 4 is 29.0 Å². The number of nitrogens with one attached hydrogen (secondary N) is 1. The molecule has 0 heterocycles. The second-order valence-electron chi connectivity index (χ2n) is 4.60. The summed E-state index contributed by atoms with van der Waals surface area (Å²) in [7, 11) is 0. The van der Waals surface area contributed by atoms with Crippen molar-refractivity contribution < 1.29 is 4.79 Å². The normalized spacial score (nSPS) is 11.9. The molecule has 0 fully saturated rings. The minimum absolute atomic E-state index is 0.0208. The lowest BCUT2D eigenvalue weighted by Crippen LogP contribution is -2.22. The Morgan fingerprint density at radius 3 is 2.50 bits per heavy atom. The lowest BCUT2D eigenvalue weighted by Gasteiger charge is -2.14. The van der Waals surface area contributed by atoms with Crippen molar-refractivity contribution in [2.75, 3.05) is 11.1 Å². The topological polar surface area (TPSA) is 55.1 Å². The average Bonchev–Trinajstić information content (AvgIpc) is 2.43. The zero-order chi connectivity index (χ0) is 14.5. The molecule has 0 aliphatic carbocycles. The summed E-state index contributed by atoms with van der Waals surface area (Å²) in [5.41, 5.74) is 8.50. The van der Waals surface area contributed by atoms with Crippen LogP contribution in [0.1, 0.15) is 12.5 Å². The summed E-state index contributed by atoms with van der Waals surface area (Å²) in [4.78, 5) is 13.1. The molecule has 3 N–H and O–H groups in total. The van der Waals surface area contributed by atoms with E-state index in [0.717, 1.165) is 16.1 Å². The van der Waals surface area contributed by atoms with Gasteiger partial charge in [0.05, 0.1) is 5.25 Å². The van der Waals surface area contributed by atoms with Crippen molar-refractivity contribution in [3.63, 3.8) is 0 Å². The zero-order valence-corrected chi connectivity index (χ0v) is 12.4. The largest absolute Gasteiger partial charge is 0.398 e. The Balaban J connectivity index is 2.03. The number of hydrogen-bond donors (Lipinski definition) is 2. The number of carbonyl (C=O) groups excluding carboxylic acids is 1. The average molecular weight is 286 g/mol. The van der Waals surface area contributed by atoms with Gasteiger partial charge in [0.1, 0.15) is 0 Å². The van der Waals surface area contributed by atoms with Crippen LogP contribution in [0.2, 0.25) is 0 Å². The summed E-state index contributed by atoms with van der Waals surface area (Å²) in [6.07, 6.45) is 0. The fourth-order valence-corrected chi connectivity index (χ4v) is 2.69. The van der Waals surface area contributed by atoms with E-state index in [1.54, 1.807) is 0 Å². The fourth-order valence-electron chi connectivity index (χ4n) is 1.78. The third kappa shape index (κ3) is 3.54. The molecule has 1 unspecified atom stereocenters. The molecule has 104 valence electrons. The lowest BCUT2D eigenvalue weighted by atomic mass is 10.2. The van der Waals surface area contributed by atoms with Crippen molar-refractivity contribution in [1.82, 2.24) is 0 Å². The van der Waals surface area contributed by atoms with Crippen molar-refractivity contribution in [2.45, 2.75) is 24.0 Å². The van der Waals surface area contributed by atoms with Gasteiger partial charge in [-0.15, -0.1) is 11.8 Å². The molecule has 3 nitrogen and oxygen atoms in total. The number of rotatable bonds is 4. The van der Waals surface area contributed by atoms with Gasteiger partial charge in [0.2, 0.25) is 5.91 Å². The predicted octanol–water partition coefficient (Wildman–Crippen LogP) is 3.70. The second kappa shape index (κ2) is 6.48. The highest BCUT2D eigenvalue weighted by molar-refractivity contribution is 8.00. The molecule has 0 saturated carbocycles. The fraction of sp³-hybridized carbons (Fsp3) is 0.188. The van der Waals surface area contributed by atoms with E-state index in [9.17, 15) is 4.79 Å². The number of thioether (sulfide) groups is 1. The highest BCUT2D eigenvalue weighted by Crippen LogP contribution is 2.29. The SMILES string of the molecule is Cc1ccccc1NC(=O)C(C)Sc1ccccc1N. The van der Waals surface area contributed by atoms with E-state index in [1.807, 2.05) is 62.4 Å². The summed E-state index contributed by atoms with van der Waals surface area (Å²) in [5, 5.41) is 2.74. The Labute approximate surface area is 123 Å². The number of para-hydroxylation sites is 2. The molecule has 1 amide bonds. The molecule has 0 aromatic heterocycles. The van der Waals surface area contributed by atoms with Gasteiger partial charge in [-0.2, -0.15) is 0 Å². The number of amides is 1. The van der Waals surface area contributed by atoms with Crippen LogP contribution in [0.4, 0.5) is 11.4 Å². The monoisotopic (exact) mass is 286 g/mol. The number of nitrogens with two attached hydrogens (primary N) is 1. The van der Waals surface area contributed by atoms with Gasteiger partial charge in [-0.25, -0.2) is 0 Å². The quantitative estimate of drug-likeness (QED) is 0.665. The standard InChI is InChI=1S/C16H18N2OS/c1-11-7-3-5-9-14(11)18-16(19)12(2)20-15-10-6-4-8-13(15)17/h3-10,12H,17H2,1-2H3,(H,18,19). The van der Waals surface area contributed by atoms with Crippen LogP contribution in [-0.4, -0.2) is 11.2 Å². The van der Waals surface area contributed by atoms with Crippen LogP contribution < -0.4 is 11.1 Å². The van der Waals surface area contributed by atoms with Gasteiger partial charge in [-0.05, 0) is 37.6 Å². The number of nitrogen functional groups attached to an aromatic ring is 1. The number of carbonyl (C=O) groups is 1. The number of benzene rings is 2. The Bertz CT molecular complexity index is 613. The summed E-state index contributed by atoms with van der Waals surface area (Å²) in [6, 6.07) is 15.3. The Morgan fingerprint density at radius 1 is 1.15 bits per heavy atom. The molecule has 0 radical (unpaired) electrons. The third-order valence-electron chi connectivity index (χ3n) is 2.99. The maximum absolute atomic E-state index is 12.2. The first-order valence-corrected chi connectivity index (χ1v) is 7.33. The zero-order valence-electron chi connectivity index (χ0n) is 11.6. The molecule has 2 rings (SSSR count). The number of anilines is 2. The van der Waals surface area contributed by atoms with Crippen molar-refractivity contribution in [3.05, 3.63) is 54.1 Å². The van der Waals surface area contributed by atoms with Crippen LogP contribution in [0.15, 0.2) is 53.4 Å². The summed E-state index contributed by atoms with van der Waals surface area (Å²) in [5.74, 6) is -0.0208. The highest BCUT2D eigenvalue weighted by atomic mass is 32.2. The predicted molar refractivity (Wildman–Crippen MR) is 86.0 cm³/mol. The summed E-state index contributed by atoms with van der Waals surface area (Å²) >= 11 is 1.47. The van der Waals surface area contributed by atoms with Crippen molar-refractivity contribution in [3.8, 4) is 0 Å². The first-order valence-electron chi connectivity index (χ1n) is 6.45. The molecule has 2 aromatic rings. The van der Waals surface area contributed by atoms with Gasteiger partial charge >= 0.3 is 0 Å². The molecular formula is C16H18N2OS. The van der Waals surface area contributed by atoms with E-state index >= 15 is 0 Å². The molecule has 4 heteroatoms. The van der Waals surface area contributed by atoms with Crippen LogP contribution in [0, 0.1) is 6.92 Å². The van der Waals surface area contributed by atoms with Crippen molar-refractivity contribution in [1.29, 1.82) is 0 Å². The minimum Gasteiger partial charge on any atom is -0.398 e. The van der Waals surface area contributed by atoms with Crippen LogP contribution in [0.3, 0.4) is 0 Å². The Morgan fingerprint density at radius 2 is 1.80 bits per heavy atom. The number of aryl methyl sites for hydroxylation is 1.